The number of nitrogens with one attached hydrogen (secondary N) is 3. The summed E-state index contributed by atoms with van der Waals surface area (Å²) in [7, 11) is -5.13. The van der Waals surface area contributed by atoms with Gasteiger partial charge in [-0.25, -0.2) is 13.1 Å². The minimum Gasteiger partial charge on any atom is -0.507 e. The fourth-order valence-electron chi connectivity index (χ4n) is 4.21. The number of phenolic OH excluding ortho intramolecular Hbond substituents is 1. The molecule has 2 amide bonds. The maximum Gasteiger partial charge on any atom is 0.339 e. The number of amides is 2. The van der Waals surface area contributed by atoms with E-state index < -0.39 is 25.0 Å². The summed E-state index contributed by atoms with van der Waals surface area (Å²) in [4.78, 5) is 24.2. The zero-order valence-corrected chi connectivity index (χ0v) is 24.9. The third-order valence-corrected chi connectivity index (χ3v) is 8.74. The number of hydrogen-bond acceptors (Lipinski definition) is 9. The van der Waals surface area contributed by atoms with Crippen molar-refractivity contribution in [1.82, 2.24) is 9.62 Å². The lowest BCUT2D eigenvalue weighted by Crippen LogP contribution is -2.31. The van der Waals surface area contributed by atoms with Gasteiger partial charge in [0.2, 0.25) is 21.8 Å². The molecule has 14 heteroatoms. The van der Waals surface area contributed by atoms with Crippen molar-refractivity contribution in [3.63, 3.8) is 0 Å². The van der Waals surface area contributed by atoms with E-state index in [1.54, 1.807) is 25.1 Å². The summed E-state index contributed by atoms with van der Waals surface area (Å²) in [6.45, 7) is 3.17. The third kappa shape index (κ3) is 7.15. The van der Waals surface area contributed by atoms with Crippen molar-refractivity contribution in [3.8, 4) is 11.5 Å². The molecule has 0 atom stereocenters. The molecule has 0 saturated carbocycles. The van der Waals surface area contributed by atoms with E-state index in [1.165, 1.54) is 56.3 Å². The standard InChI is InChI=1S/C28H30N4O8S2/c1-17(33)30-21-5-7-25-19(11-21)14-24(15-27(25)35)42(38,39)40-28-16-23(41(36,37)29-9-10-32(3)4)13-20-12-22(31-18(2)34)6-8-26(20)28/h5-8,11-16,29,35H,9-10H2,1-4H3,(H,30,33)(H,31,34). The highest BCUT2D eigenvalue weighted by Crippen LogP contribution is 2.36. The summed E-state index contributed by atoms with van der Waals surface area (Å²) in [5.74, 6) is -1.29. The first-order chi connectivity index (χ1) is 19.6. The minimum absolute atomic E-state index is 0.102. The van der Waals surface area contributed by atoms with Crippen molar-refractivity contribution in [2.75, 3.05) is 37.8 Å². The molecule has 0 fully saturated rings. The Balaban J connectivity index is 1.81. The average Bonchev–Trinajstić information content (AvgIpc) is 2.87. The molecule has 0 bridgehead atoms. The van der Waals surface area contributed by atoms with Gasteiger partial charge in [0.1, 0.15) is 10.6 Å². The van der Waals surface area contributed by atoms with Gasteiger partial charge in [0.05, 0.1) is 4.90 Å². The van der Waals surface area contributed by atoms with Gasteiger partial charge in [-0.15, -0.1) is 0 Å². The molecule has 0 heterocycles. The Labute approximate surface area is 243 Å². The van der Waals surface area contributed by atoms with Crippen LogP contribution < -0.4 is 19.5 Å². The molecular formula is C28H30N4O8S2. The minimum atomic E-state index is -4.61. The SMILES string of the molecule is CC(=O)Nc1ccc2c(O)cc(S(=O)(=O)Oc3cc(S(=O)(=O)NCCN(C)C)cc4cc(NC(C)=O)ccc34)cc2c1. The normalized spacial score (nSPS) is 12.0. The summed E-state index contributed by atoms with van der Waals surface area (Å²) in [5, 5.41) is 17.0. The van der Waals surface area contributed by atoms with Gasteiger partial charge in [-0.2, -0.15) is 8.42 Å². The first-order valence-electron chi connectivity index (χ1n) is 12.6. The van der Waals surface area contributed by atoms with Crippen molar-refractivity contribution in [2.45, 2.75) is 23.6 Å². The van der Waals surface area contributed by atoms with Crippen molar-refractivity contribution >= 4 is 64.9 Å². The van der Waals surface area contributed by atoms with E-state index in [9.17, 15) is 31.5 Å². The maximum atomic E-state index is 13.5. The Bertz CT molecular complexity index is 1920. The van der Waals surface area contributed by atoms with Crippen LogP contribution in [0.5, 0.6) is 11.5 Å². The molecule has 0 aliphatic carbocycles. The fraction of sp³-hybridized carbons (Fsp3) is 0.214. The van der Waals surface area contributed by atoms with Crippen molar-refractivity contribution < 1.29 is 35.7 Å². The highest BCUT2D eigenvalue weighted by molar-refractivity contribution is 7.89. The first-order valence-corrected chi connectivity index (χ1v) is 15.5. The third-order valence-electron chi connectivity index (χ3n) is 6.08. The highest BCUT2D eigenvalue weighted by Gasteiger charge is 2.24. The van der Waals surface area contributed by atoms with E-state index in [0.717, 1.165) is 12.1 Å². The van der Waals surface area contributed by atoms with Crippen molar-refractivity contribution in [3.05, 3.63) is 60.7 Å². The van der Waals surface area contributed by atoms with Gasteiger partial charge in [0, 0.05) is 61.2 Å². The molecule has 12 nitrogen and oxygen atoms in total. The van der Waals surface area contributed by atoms with Gasteiger partial charge >= 0.3 is 10.1 Å². The van der Waals surface area contributed by atoms with Gasteiger partial charge in [-0.05, 0) is 73.4 Å². The topological polar surface area (TPSA) is 171 Å². The smallest absolute Gasteiger partial charge is 0.339 e. The number of fused-ring (bicyclic) bond motifs is 2. The van der Waals surface area contributed by atoms with E-state index in [4.69, 9.17) is 4.18 Å². The second-order valence-corrected chi connectivity index (χ2v) is 13.1. The number of anilines is 2. The van der Waals surface area contributed by atoms with Crippen LogP contribution in [0.4, 0.5) is 11.4 Å². The number of rotatable bonds is 10. The zero-order chi connectivity index (χ0) is 30.8. The number of phenols is 1. The summed E-state index contributed by atoms with van der Waals surface area (Å²) in [6, 6.07) is 13.9. The predicted molar refractivity (Wildman–Crippen MR) is 160 cm³/mol. The number of aromatic hydroxyl groups is 1. The molecule has 4 N–H and O–H groups in total. The summed E-state index contributed by atoms with van der Waals surface area (Å²) >= 11 is 0. The Morgan fingerprint density at radius 2 is 1.33 bits per heavy atom. The maximum absolute atomic E-state index is 13.5. The van der Waals surface area contributed by atoms with E-state index in [2.05, 4.69) is 15.4 Å². The van der Waals surface area contributed by atoms with Crippen LogP contribution in [0.15, 0.2) is 70.5 Å². The van der Waals surface area contributed by atoms with Gasteiger partial charge in [0.15, 0.2) is 5.75 Å². The van der Waals surface area contributed by atoms with Crippen LogP contribution in [0, 0.1) is 0 Å². The lowest BCUT2D eigenvalue weighted by atomic mass is 10.1. The van der Waals surface area contributed by atoms with E-state index in [0.29, 0.717) is 34.1 Å². The van der Waals surface area contributed by atoms with E-state index >= 15 is 0 Å². The summed E-state index contributed by atoms with van der Waals surface area (Å²) < 4.78 is 61.2. The predicted octanol–water partition coefficient (Wildman–Crippen LogP) is 3.22. The van der Waals surface area contributed by atoms with Gasteiger partial charge < -0.3 is 24.8 Å². The molecule has 0 spiro atoms. The van der Waals surface area contributed by atoms with Crippen LogP contribution in [-0.4, -0.2) is 65.8 Å². The lowest BCUT2D eigenvalue weighted by Gasteiger charge is -2.15. The number of likely N-dealkylation sites (N-methyl/N-ethyl adjacent to an activating group) is 1. The number of sulfonamides is 1. The molecule has 0 aliphatic rings. The zero-order valence-electron chi connectivity index (χ0n) is 23.3. The molecule has 4 aromatic carbocycles. The molecule has 42 heavy (non-hydrogen) atoms. The molecule has 0 saturated heterocycles. The number of carbonyl (C=O) groups is 2. The fourth-order valence-corrected chi connectivity index (χ4v) is 6.28. The first kappa shape index (κ1) is 30.7. The van der Waals surface area contributed by atoms with Crippen molar-refractivity contribution in [1.29, 1.82) is 0 Å². The van der Waals surface area contributed by atoms with E-state index in [1.807, 2.05) is 0 Å². The average molecular weight is 615 g/mol. The van der Waals surface area contributed by atoms with Crippen LogP contribution in [0.1, 0.15) is 13.8 Å². The lowest BCUT2D eigenvalue weighted by molar-refractivity contribution is -0.115. The quantitative estimate of drug-likeness (QED) is 0.196. The second-order valence-electron chi connectivity index (χ2n) is 9.84. The Hall–Kier alpha value is -4.24. The highest BCUT2D eigenvalue weighted by atomic mass is 32.2. The van der Waals surface area contributed by atoms with Gasteiger partial charge in [-0.3, -0.25) is 9.59 Å². The van der Waals surface area contributed by atoms with Crippen molar-refractivity contribution in [2.24, 2.45) is 0 Å². The van der Waals surface area contributed by atoms with Crippen LogP contribution in [0.25, 0.3) is 21.5 Å². The number of hydrogen-bond donors (Lipinski definition) is 4. The summed E-state index contributed by atoms with van der Waals surface area (Å²) in [6.07, 6.45) is 0. The molecule has 4 aromatic rings. The van der Waals surface area contributed by atoms with E-state index in [-0.39, 0.29) is 40.1 Å². The Morgan fingerprint density at radius 3 is 1.90 bits per heavy atom. The second kappa shape index (κ2) is 11.9. The molecule has 222 valence electrons. The monoisotopic (exact) mass is 614 g/mol. The van der Waals surface area contributed by atoms with Gasteiger partial charge in [0.25, 0.3) is 0 Å². The van der Waals surface area contributed by atoms with Crippen LogP contribution in [-0.2, 0) is 29.7 Å². The Morgan fingerprint density at radius 1 is 0.786 bits per heavy atom. The van der Waals surface area contributed by atoms with Crippen LogP contribution in [0.2, 0.25) is 0 Å². The molecule has 4 rings (SSSR count). The molecule has 0 radical (unpaired) electrons. The number of carbonyl (C=O) groups excluding carboxylic acids is 2. The molecule has 0 unspecified atom stereocenters. The molecular weight excluding hydrogens is 584 g/mol. The number of benzene rings is 4. The van der Waals surface area contributed by atoms with Crippen LogP contribution >= 0.6 is 0 Å². The summed E-state index contributed by atoms with van der Waals surface area (Å²) in [5.41, 5.74) is 0.763. The van der Waals surface area contributed by atoms with Crippen LogP contribution in [0.3, 0.4) is 0 Å². The largest absolute Gasteiger partial charge is 0.507 e. The Kier molecular flexibility index (Phi) is 8.73. The number of nitrogens with zero attached hydrogens (tertiary/aromatic N) is 1. The molecule has 0 aromatic heterocycles. The molecule has 0 aliphatic heterocycles. The van der Waals surface area contributed by atoms with Gasteiger partial charge in [-0.1, -0.05) is 0 Å².